The van der Waals surface area contributed by atoms with E-state index in [1.54, 1.807) is 45.0 Å². The van der Waals surface area contributed by atoms with E-state index in [0.717, 1.165) is 6.42 Å². The molecule has 7 nitrogen and oxygen atoms in total. The van der Waals surface area contributed by atoms with E-state index in [4.69, 9.17) is 9.47 Å². The summed E-state index contributed by atoms with van der Waals surface area (Å²) in [6.07, 6.45) is 0.957. The first-order chi connectivity index (χ1) is 12.4. The Morgan fingerprint density at radius 3 is 2.69 bits per heavy atom. The first kappa shape index (κ1) is 19.9. The lowest BCUT2D eigenvalue weighted by Gasteiger charge is -2.15. The second-order valence-electron chi connectivity index (χ2n) is 6.67. The topological polar surface area (TPSA) is 93.7 Å². The maximum atomic E-state index is 12.3. The number of esters is 1. The predicted octanol–water partition coefficient (Wildman–Crippen LogP) is 2.12. The summed E-state index contributed by atoms with van der Waals surface area (Å²) in [6.45, 7) is 6.03. The van der Waals surface area contributed by atoms with Crippen molar-refractivity contribution in [3.8, 4) is 0 Å². The van der Waals surface area contributed by atoms with E-state index >= 15 is 0 Å². The van der Waals surface area contributed by atoms with Crippen LogP contribution in [0.2, 0.25) is 0 Å². The standard InChI is InChI=1S/C19H26N2O5/c1-12(2)26-19(24)13(3)11-20-17(22)14-6-4-7-15(10-14)21-18(23)16-8-5-9-25-16/h4,6-7,10,12-13,16H,5,8-9,11H2,1-3H3,(H,20,22)(H,21,23). The number of anilines is 1. The fourth-order valence-corrected chi connectivity index (χ4v) is 2.53. The minimum absolute atomic E-state index is 0.177. The molecule has 0 aromatic heterocycles. The van der Waals surface area contributed by atoms with E-state index in [9.17, 15) is 14.4 Å². The molecule has 1 aliphatic rings. The van der Waals surface area contributed by atoms with Gasteiger partial charge in [-0.1, -0.05) is 13.0 Å². The van der Waals surface area contributed by atoms with Crippen LogP contribution >= 0.6 is 0 Å². The van der Waals surface area contributed by atoms with Crippen LogP contribution in [-0.2, 0) is 19.1 Å². The van der Waals surface area contributed by atoms with Gasteiger partial charge in [-0.2, -0.15) is 0 Å². The average molecular weight is 362 g/mol. The van der Waals surface area contributed by atoms with Crippen LogP contribution in [0.25, 0.3) is 0 Å². The molecule has 142 valence electrons. The maximum Gasteiger partial charge on any atom is 0.310 e. The minimum Gasteiger partial charge on any atom is -0.463 e. The van der Waals surface area contributed by atoms with Crippen LogP contribution in [0.3, 0.4) is 0 Å². The molecule has 1 saturated heterocycles. The normalized spacial score (nSPS) is 17.6. The highest BCUT2D eigenvalue weighted by atomic mass is 16.5. The molecule has 1 aromatic rings. The lowest BCUT2D eigenvalue weighted by molar-refractivity contribution is -0.151. The van der Waals surface area contributed by atoms with E-state index in [-0.39, 0.29) is 30.4 Å². The molecule has 7 heteroatoms. The summed E-state index contributed by atoms with van der Waals surface area (Å²) in [7, 11) is 0. The van der Waals surface area contributed by atoms with Crippen LogP contribution < -0.4 is 10.6 Å². The van der Waals surface area contributed by atoms with Crippen LogP contribution in [0, 0.1) is 5.92 Å². The molecule has 2 unspecified atom stereocenters. The molecular weight excluding hydrogens is 336 g/mol. The van der Waals surface area contributed by atoms with Gasteiger partial charge in [0.15, 0.2) is 0 Å². The summed E-state index contributed by atoms with van der Waals surface area (Å²) in [5.41, 5.74) is 0.935. The quantitative estimate of drug-likeness (QED) is 0.725. The van der Waals surface area contributed by atoms with Crippen molar-refractivity contribution in [2.75, 3.05) is 18.5 Å². The fourth-order valence-electron chi connectivity index (χ4n) is 2.53. The number of rotatable bonds is 7. The third-order valence-corrected chi connectivity index (χ3v) is 3.94. The molecule has 2 atom stereocenters. The average Bonchev–Trinajstić information content (AvgIpc) is 3.13. The zero-order valence-corrected chi connectivity index (χ0v) is 15.4. The molecule has 0 spiro atoms. The van der Waals surface area contributed by atoms with Gasteiger partial charge in [0.05, 0.1) is 12.0 Å². The number of hydrogen-bond donors (Lipinski definition) is 2. The Labute approximate surface area is 153 Å². The van der Waals surface area contributed by atoms with Crippen LogP contribution in [0.4, 0.5) is 5.69 Å². The van der Waals surface area contributed by atoms with Gasteiger partial charge in [0, 0.05) is 24.4 Å². The summed E-state index contributed by atoms with van der Waals surface area (Å²) < 4.78 is 10.5. The molecule has 1 fully saturated rings. The first-order valence-corrected chi connectivity index (χ1v) is 8.88. The fraction of sp³-hybridized carbons (Fsp3) is 0.526. The molecule has 2 amide bonds. The lowest BCUT2D eigenvalue weighted by atomic mass is 10.1. The SMILES string of the molecule is CC(C)OC(=O)C(C)CNC(=O)c1cccc(NC(=O)C2CCCO2)c1. The van der Waals surface area contributed by atoms with Crippen molar-refractivity contribution < 1.29 is 23.9 Å². The molecule has 1 heterocycles. The van der Waals surface area contributed by atoms with Crippen molar-refractivity contribution in [1.29, 1.82) is 0 Å². The van der Waals surface area contributed by atoms with Gasteiger partial charge in [0.1, 0.15) is 6.10 Å². The third-order valence-electron chi connectivity index (χ3n) is 3.94. The van der Waals surface area contributed by atoms with Gasteiger partial charge in [0.25, 0.3) is 11.8 Å². The van der Waals surface area contributed by atoms with Crippen molar-refractivity contribution in [1.82, 2.24) is 5.32 Å². The molecule has 1 aromatic carbocycles. The van der Waals surface area contributed by atoms with Gasteiger partial charge in [-0.3, -0.25) is 14.4 Å². The Balaban J connectivity index is 1.88. The number of benzene rings is 1. The predicted molar refractivity (Wildman–Crippen MR) is 96.8 cm³/mol. The lowest BCUT2D eigenvalue weighted by Crippen LogP contribution is -2.33. The van der Waals surface area contributed by atoms with Gasteiger partial charge in [0.2, 0.25) is 0 Å². The molecule has 0 radical (unpaired) electrons. The number of amides is 2. The Bertz CT molecular complexity index is 653. The zero-order valence-electron chi connectivity index (χ0n) is 15.4. The van der Waals surface area contributed by atoms with Crippen LogP contribution in [0.1, 0.15) is 44.0 Å². The van der Waals surface area contributed by atoms with Crippen molar-refractivity contribution in [3.05, 3.63) is 29.8 Å². The van der Waals surface area contributed by atoms with E-state index in [2.05, 4.69) is 10.6 Å². The van der Waals surface area contributed by atoms with Gasteiger partial charge in [-0.05, 0) is 44.9 Å². The van der Waals surface area contributed by atoms with E-state index < -0.39 is 12.0 Å². The summed E-state index contributed by atoms with van der Waals surface area (Å²) in [5, 5.41) is 5.48. The Morgan fingerprint density at radius 1 is 1.27 bits per heavy atom. The molecule has 2 N–H and O–H groups in total. The van der Waals surface area contributed by atoms with Gasteiger partial charge >= 0.3 is 5.97 Å². The summed E-state index contributed by atoms with van der Waals surface area (Å²) >= 11 is 0. The monoisotopic (exact) mass is 362 g/mol. The van der Waals surface area contributed by atoms with E-state index in [1.807, 2.05) is 0 Å². The second kappa shape index (κ2) is 9.33. The van der Waals surface area contributed by atoms with Gasteiger partial charge in [-0.15, -0.1) is 0 Å². The van der Waals surface area contributed by atoms with Crippen molar-refractivity contribution in [2.24, 2.45) is 5.92 Å². The molecule has 26 heavy (non-hydrogen) atoms. The summed E-state index contributed by atoms with van der Waals surface area (Å²) in [5.74, 6) is -1.31. The molecular formula is C19H26N2O5. The molecule has 0 saturated carbocycles. The van der Waals surface area contributed by atoms with Crippen molar-refractivity contribution in [3.63, 3.8) is 0 Å². The van der Waals surface area contributed by atoms with Crippen LogP contribution in [-0.4, -0.2) is 43.1 Å². The Hall–Kier alpha value is -2.41. The van der Waals surface area contributed by atoms with Crippen molar-refractivity contribution >= 4 is 23.5 Å². The first-order valence-electron chi connectivity index (χ1n) is 8.88. The van der Waals surface area contributed by atoms with Gasteiger partial charge < -0.3 is 20.1 Å². The highest BCUT2D eigenvalue weighted by Gasteiger charge is 2.23. The highest BCUT2D eigenvalue weighted by molar-refractivity contribution is 5.98. The van der Waals surface area contributed by atoms with Gasteiger partial charge in [-0.25, -0.2) is 0 Å². The molecule has 0 aliphatic carbocycles. The summed E-state index contributed by atoms with van der Waals surface area (Å²) in [4.78, 5) is 36.1. The Kier molecular flexibility index (Phi) is 7.15. The summed E-state index contributed by atoms with van der Waals surface area (Å²) in [6, 6.07) is 6.65. The van der Waals surface area contributed by atoms with E-state index in [0.29, 0.717) is 24.3 Å². The second-order valence-corrected chi connectivity index (χ2v) is 6.67. The minimum atomic E-state index is -0.441. The third kappa shape index (κ3) is 5.84. The number of hydrogen-bond acceptors (Lipinski definition) is 5. The van der Waals surface area contributed by atoms with E-state index in [1.165, 1.54) is 0 Å². The van der Waals surface area contributed by atoms with Crippen LogP contribution in [0.15, 0.2) is 24.3 Å². The van der Waals surface area contributed by atoms with Crippen LogP contribution in [0.5, 0.6) is 0 Å². The number of carbonyl (C=O) groups is 3. The zero-order chi connectivity index (χ0) is 19.1. The number of carbonyl (C=O) groups excluding carboxylic acids is 3. The molecule has 2 rings (SSSR count). The number of nitrogens with one attached hydrogen (secondary N) is 2. The molecule has 0 bridgehead atoms. The largest absolute Gasteiger partial charge is 0.463 e. The number of ether oxygens (including phenoxy) is 2. The molecule has 1 aliphatic heterocycles. The maximum absolute atomic E-state index is 12.3. The van der Waals surface area contributed by atoms with Crippen molar-refractivity contribution in [2.45, 2.75) is 45.8 Å². The highest BCUT2D eigenvalue weighted by Crippen LogP contribution is 2.16. The Morgan fingerprint density at radius 2 is 2.04 bits per heavy atom. The smallest absolute Gasteiger partial charge is 0.310 e.